The van der Waals surface area contributed by atoms with Crippen molar-refractivity contribution < 1.29 is 67.1 Å². The number of unbranched alkanes of at least 4 members (excludes halogenated alkanes) is 3. The Balaban J connectivity index is 0.831. The molecule has 0 fully saturated rings. The maximum Gasteiger partial charge on any atom is 0.414 e. The van der Waals surface area contributed by atoms with Gasteiger partial charge in [0.2, 0.25) is 23.6 Å². The molecule has 88 heavy (non-hydrogen) atoms. The summed E-state index contributed by atoms with van der Waals surface area (Å²) < 4.78 is 30.0. The number of hydrogen-bond acceptors (Lipinski definition) is 14. The number of primary amides is 1. The van der Waals surface area contributed by atoms with Gasteiger partial charge in [0.1, 0.15) is 18.7 Å². The van der Waals surface area contributed by atoms with Crippen molar-refractivity contribution in [3.63, 3.8) is 0 Å². The number of carboxylic acid groups (broad SMARTS) is 1. The first-order valence-electron chi connectivity index (χ1n) is 29.5. The molecule has 22 heteroatoms. The molecule has 5 aromatic rings. The number of amides is 7. The van der Waals surface area contributed by atoms with Gasteiger partial charge in [-0.05, 0) is 116 Å². The lowest BCUT2D eigenvalue weighted by atomic mass is 9.96. The van der Waals surface area contributed by atoms with Gasteiger partial charge in [-0.1, -0.05) is 69.0 Å². The van der Waals surface area contributed by atoms with Crippen LogP contribution in [0.3, 0.4) is 0 Å². The summed E-state index contributed by atoms with van der Waals surface area (Å²) in [6.45, 7) is 10.1. The van der Waals surface area contributed by atoms with Crippen LogP contribution < -0.4 is 55.3 Å². The zero-order valence-electron chi connectivity index (χ0n) is 50.1. The third-order valence-corrected chi connectivity index (χ3v) is 16.1. The van der Waals surface area contributed by atoms with Gasteiger partial charge in [0.25, 0.3) is 11.8 Å². The van der Waals surface area contributed by atoms with Crippen LogP contribution >= 0.6 is 0 Å². The van der Waals surface area contributed by atoms with Crippen molar-refractivity contribution in [3.05, 3.63) is 137 Å². The molecule has 4 atom stereocenters. The molecular weight excluding hydrogens is 1130 g/mol. The van der Waals surface area contributed by atoms with E-state index in [0.29, 0.717) is 89.8 Å². The lowest BCUT2D eigenvalue weighted by Crippen LogP contribution is -2.53. The minimum Gasteiger partial charge on any atom is -0.493 e. The quantitative estimate of drug-likeness (QED) is 0.0243. The number of para-hydroxylation sites is 2. The van der Waals surface area contributed by atoms with E-state index in [9.17, 15) is 38.4 Å². The number of carboxylic acids is 1. The van der Waals surface area contributed by atoms with Gasteiger partial charge in [-0.25, -0.2) is 4.79 Å². The van der Waals surface area contributed by atoms with Crippen LogP contribution in [0.15, 0.2) is 114 Å². The van der Waals surface area contributed by atoms with E-state index >= 15 is 0 Å². The van der Waals surface area contributed by atoms with Gasteiger partial charge in [0, 0.05) is 61.1 Å². The van der Waals surface area contributed by atoms with Gasteiger partial charge in [0.05, 0.1) is 68.1 Å². The molecule has 0 saturated carbocycles. The molecule has 7 amide bonds. The first-order valence-corrected chi connectivity index (χ1v) is 29.5. The number of anilines is 4. The number of aliphatic carboxylic acids is 1. The van der Waals surface area contributed by atoms with E-state index in [1.54, 1.807) is 67.3 Å². The van der Waals surface area contributed by atoms with Crippen LogP contribution in [-0.4, -0.2) is 116 Å². The fraction of sp³-hybridized carbons (Fsp3) is 0.379. The number of rotatable bonds is 27. The van der Waals surface area contributed by atoms with E-state index in [1.165, 1.54) is 19.1 Å². The Morgan fingerprint density at radius 2 is 1.39 bits per heavy atom. The highest BCUT2D eigenvalue weighted by Crippen LogP contribution is 2.46. The fourth-order valence-electron chi connectivity index (χ4n) is 11.3. The summed E-state index contributed by atoms with van der Waals surface area (Å²) in [5.41, 5.74) is 11.1. The van der Waals surface area contributed by atoms with Crippen molar-refractivity contribution in [2.24, 2.45) is 16.6 Å². The number of nitrogens with zero attached hydrogens (tertiary/aromatic N) is 4. The van der Waals surface area contributed by atoms with Gasteiger partial charge in [-0.2, -0.15) is 0 Å². The van der Waals surface area contributed by atoms with Crippen LogP contribution in [0.2, 0.25) is 0 Å². The smallest absolute Gasteiger partial charge is 0.414 e. The van der Waals surface area contributed by atoms with Crippen LogP contribution in [0, 0.1) is 5.92 Å². The number of methoxy groups -OCH3 is 2. The highest BCUT2D eigenvalue weighted by Gasteiger charge is 2.46. The number of aliphatic imine (C=N–C) groups is 1. The fourth-order valence-corrected chi connectivity index (χ4v) is 11.3. The van der Waals surface area contributed by atoms with E-state index in [-0.39, 0.29) is 87.3 Å². The summed E-state index contributed by atoms with van der Waals surface area (Å²) in [5, 5.41) is 17.0. The van der Waals surface area contributed by atoms with Gasteiger partial charge in [-0.3, -0.25) is 48.4 Å². The molecule has 0 bridgehead atoms. The second kappa shape index (κ2) is 27.8. The summed E-state index contributed by atoms with van der Waals surface area (Å²) in [6.07, 6.45) is 4.22. The molecule has 0 aliphatic carbocycles. The topological polar surface area (TPSA) is 287 Å². The summed E-state index contributed by atoms with van der Waals surface area (Å²) in [7, 11) is 3.01. The van der Waals surface area contributed by atoms with Gasteiger partial charge in [-0.15, -0.1) is 0 Å². The Kier molecular flexibility index (Phi) is 19.8. The van der Waals surface area contributed by atoms with Gasteiger partial charge >= 0.3 is 12.1 Å². The lowest BCUT2D eigenvalue weighted by molar-refractivity contribution is -0.137. The molecule has 5 aromatic carbocycles. The maximum absolute atomic E-state index is 14.7. The van der Waals surface area contributed by atoms with Gasteiger partial charge in [0.15, 0.2) is 23.0 Å². The third kappa shape index (κ3) is 14.2. The van der Waals surface area contributed by atoms with E-state index in [1.807, 2.05) is 66.6 Å². The molecule has 4 aliphatic rings. The highest BCUT2D eigenvalue weighted by atomic mass is 16.6. The standard InChI is InChI=1S/C66H74N8O14/c1-39(2)40(3)60(71-58(76)20-12-13-21-59(77)78)62(80)70-48(26-27-57(67)75)61(79)69-44-24-22-41(23-25-44)37-88-65(83)72-36-45-30-42-16-8-10-18-50(42)73(45)63(81)47-32-54(85-6)56(34-52(47)72)87-29-15-7-14-28-86-55-33-49-46(31-53(55)84-5)64(82)74-51-19-11-9-17-43(51)35-66(74,4)38-68-49/h8-11,16-19,22-25,31-34,38-39,45,48,60H,3,7,12-15,20-21,26-30,35-37H2,1-2,4-6H3,(H2,67,75)(H,69,79)(H,70,80)(H,71,76)(H,77,78)/t45-,48-,60-,66?/m0/s1. The molecule has 0 saturated heterocycles. The second-order valence-corrected chi connectivity index (χ2v) is 22.8. The number of ether oxygens (including phenoxy) is 5. The molecule has 22 nitrogen and oxygen atoms in total. The van der Waals surface area contributed by atoms with Crippen LogP contribution in [0.5, 0.6) is 23.0 Å². The number of benzene rings is 5. The van der Waals surface area contributed by atoms with Crippen molar-refractivity contribution in [1.29, 1.82) is 0 Å². The Morgan fingerprint density at radius 3 is 2.06 bits per heavy atom. The zero-order valence-corrected chi connectivity index (χ0v) is 50.1. The summed E-state index contributed by atoms with van der Waals surface area (Å²) in [4.78, 5) is 116. The molecule has 4 aliphatic heterocycles. The molecule has 1 unspecified atom stereocenters. The highest BCUT2D eigenvalue weighted by molar-refractivity contribution is 6.16. The van der Waals surface area contributed by atoms with Crippen molar-refractivity contribution in [3.8, 4) is 23.0 Å². The number of fused-ring (bicyclic) bond motifs is 8. The molecule has 0 aromatic heterocycles. The maximum atomic E-state index is 14.7. The average Bonchev–Trinajstić information content (AvgIpc) is 1.62. The van der Waals surface area contributed by atoms with Gasteiger partial charge < -0.3 is 55.4 Å². The molecule has 0 radical (unpaired) electrons. The van der Waals surface area contributed by atoms with Crippen LogP contribution in [0.1, 0.15) is 116 Å². The normalized spacial score (nSPS) is 16.7. The van der Waals surface area contributed by atoms with Crippen LogP contribution in [0.25, 0.3) is 0 Å². The van der Waals surface area contributed by atoms with Crippen molar-refractivity contribution in [2.75, 3.05) is 54.0 Å². The summed E-state index contributed by atoms with van der Waals surface area (Å²) >= 11 is 0. The third-order valence-electron chi connectivity index (χ3n) is 16.1. The predicted octanol–water partition coefficient (Wildman–Crippen LogP) is 8.77. The minimum atomic E-state index is -1.27. The molecule has 9 rings (SSSR count). The van der Waals surface area contributed by atoms with Crippen molar-refractivity contribution in [1.82, 2.24) is 10.6 Å². The number of carbonyl (C=O) groups is 8. The SMILES string of the molecule is C=C(C(C)C)[C@H](NC(=O)CCCCC(=O)O)C(=O)N[C@@H](CCC(N)=O)C(=O)Nc1ccc(COC(=O)N2C[C@@H]3Cc4ccccc4N3C(=O)c3cc(OC)c(OCCCCCOc4cc5c(cc4OC)C(=O)N4c6ccccc6CC4(C)C=N5)cc32)cc1. The predicted molar refractivity (Wildman–Crippen MR) is 330 cm³/mol. The first kappa shape index (κ1) is 62.8. The largest absolute Gasteiger partial charge is 0.493 e. The molecular formula is C66H74N8O14. The van der Waals surface area contributed by atoms with E-state index in [0.717, 1.165) is 22.5 Å². The molecule has 0 spiro atoms. The number of carbonyl (C=O) groups excluding carboxylic acids is 7. The Bertz CT molecular complexity index is 3550. The number of hydrogen-bond donors (Lipinski definition) is 5. The first-order chi connectivity index (χ1) is 42.3. The van der Waals surface area contributed by atoms with E-state index in [2.05, 4.69) is 22.5 Å². The molecule has 6 N–H and O–H groups in total. The van der Waals surface area contributed by atoms with E-state index in [4.69, 9.17) is 39.5 Å². The molecule has 4 heterocycles. The minimum absolute atomic E-state index is 0.0342. The average molecular weight is 1200 g/mol. The Hall–Kier alpha value is -9.73. The summed E-state index contributed by atoms with van der Waals surface area (Å²) in [5.74, 6) is -2.84. The van der Waals surface area contributed by atoms with Crippen molar-refractivity contribution >= 4 is 82.2 Å². The monoisotopic (exact) mass is 1200 g/mol. The second-order valence-electron chi connectivity index (χ2n) is 22.8. The van der Waals surface area contributed by atoms with Crippen molar-refractivity contribution in [2.45, 2.75) is 122 Å². The van der Waals surface area contributed by atoms with E-state index < -0.39 is 59.4 Å². The van der Waals surface area contributed by atoms with Crippen LogP contribution in [-0.2, 0) is 48.2 Å². The lowest BCUT2D eigenvalue weighted by Gasteiger charge is -2.31. The van der Waals surface area contributed by atoms with Crippen LogP contribution in [0.4, 0.5) is 33.2 Å². The zero-order chi connectivity index (χ0) is 62.8. The Labute approximate surface area is 510 Å². The molecule has 462 valence electrons. The Morgan fingerprint density at radius 1 is 0.739 bits per heavy atom. The summed E-state index contributed by atoms with van der Waals surface area (Å²) in [6, 6.07) is 25.6. The number of nitrogens with two attached hydrogens (primary N) is 1. The number of nitrogens with one attached hydrogen (secondary N) is 3.